The normalized spacial score (nSPS) is 13.6. The molecule has 0 aliphatic carbocycles. The molecular weight excluding hydrogens is 394 g/mol. The van der Waals surface area contributed by atoms with Crippen molar-refractivity contribution in [2.45, 2.75) is 0 Å². The molecule has 0 unspecified atom stereocenters. The smallest absolute Gasteiger partial charge is 0.254 e. The fourth-order valence-electron chi connectivity index (χ4n) is 3.44. The molecule has 1 saturated heterocycles. The first kappa shape index (κ1) is 20.5. The predicted octanol–water partition coefficient (Wildman–Crippen LogP) is 3.20. The molecule has 8 heteroatoms. The Balaban J connectivity index is 1.38. The molecule has 1 aromatic heterocycles. The lowest BCUT2D eigenvalue weighted by molar-refractivity contribution is 0.0746. The summed E-state index contributed by atoms with van der Waals surface area (Å²) < 4.78 is 10.4. The number of nitrogens with zero attached hydrogens (tertiary/aromatic N) is 4. The highest BCUT2D eigenvalue weighted by molar-refractivity contribution is 5.94. The third-order valence-electron chi connectivity index (χ3n) is 5.17. The number of carbonyl (C=O) groups is 1. The van der Waals surface area contributed by atoms with Crippen LogP contribution in [0, 0.1) is 0 Å². The molecule has 3 aromatic rings. The van der Waals surface area contributed by atoms with E-state index >= 15 is 0 Å². The number of benzene rings is 2. The first-order valence-corrected chi connectivity index (χ1v) is 10.1. The van der Waals surface area contributed by atoms with E-state index in [0.29, 0.717) is 49.3 Å². The number of aromatic nitrogens is 2. The van der Waals surface area contributed by atoms with E-state index in [2.05, 4.69) is 20.2 Å². The van der Waals surface area contributed by atoms with Crippen LogP contribution in [0.25, 0.3) is 0 Å². The predicted molar refractivity (Wildman–Crippen MR) is 119 cm³/mol. The van der Waals surface area contributed by atoms with Crippen molar-refractivity contribution in [2.75, 3.05) is 50.6 Å². The summed E-state index contributed by atoms with van der Waals surface area (Å²) in [6.45, 7) is 2.55. The molecule has 0 spiro atoms. The highest BCUT2D eigenvalue weighted by atomic mass is 16.5. The quantitative estimate of drug-likeness (QED) is 0.657. The van der Waals surface area contributed by atoms with Crippen molar-refractivity contribution in [3.05, 3.63) is 66.4 Å². The molecule has 0 bridgehead atoms. The van der Waals surface area contributed by atoms with Crippen LogP contribution < -0.4 is 19.7 Å². The van der Waals surface area contributed by atoms with Crippen LogP contribution in [0.5, 0.6) is 11.5 Å². The summed E-state index contributed by atoms with van der Waals surface area (Å²) in [5.74, 6) is 2.85. The van der Waals surface area contributed by atoms with Gasteiger partial charge in [-0.05, 0) is 48.5 Å². The van der Waals surface area contributed by atoms with Gasteiger partial charge in [-0.3, -0.25) is 4.79 Å². The van der Waals surface area contributed by atoms with E-state index in [4.69, 9.17) is 9.47 Å². The SMILES string of the molecule is COc1ccc(Nc2ccnc(N3CCN(C(=O)c4cccc(OC)c4)CC3)n2)cc1. The Morgan fingerprint density at radius 1 is 0.935 bits per heavy atom. The second kappa shape index (κ2) is 9.34. The molecule has 31 heavy (non-hydrogen) atoms. The van der Waals surface area contributed by atoms with Gasteiger partial charge in [0.25, 0.3) is 5.91 Å². The minimum Gasteiger partial charge on any atom is -0.497 e. The van der Waals surface area contributed by atoms with Crippen molar-refractivity contribution < 1.29 is 14.3 Å². The van der Waals surface area contributed by atoms with Crippen LogP contribution >= 0.6 is 0 Å². The summed E-state index contributed by atoms with van der Waals surface area (Å²) >= 11 is 0. The maximum absolute atomic E-state index is 12.8. The van der Waals surface area contributed by atoms with Gasteiger partial charge in [0, 0.05) is 43.6 Å². The van der Waals surface area contributed by atoms with Gasteiger partial charge in [-0.1, -0.05) is 6.07 Å². The minimum absolute atomic E-state index is 0.00870. The number of rotatable bonds is 6. The van der Waals surface area contributed by atoms with E-state index in [-0.39, 0.29) is 5.91 Å². The zero-order valence-corrected chi connectivity index (χ0v) is 17.6. The van der Waals surface area contributed by atoms with Crippen molar-refractivity contribution in [1.82, 2.24) is 14.9 Å². The molecule has 1 amide bonds. The number of amides is 1. The number of methoxy groups -OCH3 is 2. The largest absolute Gasteiger partial charge is 0.497 e. The molecule has 2 heterocycles. The molecule has 2 aromatic carbocycles. The first-order chi connectivity index (χ1) is 15.2. The molecule has 1 N–H and O–H groups in total. The topological polar surface area (TPSA) is 79.8 Å². The molecule has 1 aliphatic rings. The van der Waals surface area contributed by atoms with Crippen molar-refractivity contribution in [3.63, 3.8) is 0 Å². The molecule has 0 radical (unpaired) electrons. The fraction of sp³-hybridized carbons (Fsp3) is 0.261. The van der Waals surface area contributed by atoms with Gasteiger partial charge in [0.15, 0.2) is 0 Å². The summed E-state index contributed by atoms with van der Waals surface area (Å²) in [4.78, 5) is 25.8. The third-order valence-corrected chi connectivity index (χ3v) is 5.17. The summed E-state index contributed by atoms with van der Waals surface area (Å²) in [6.07, 6.45) is 1.74. The number of ether oxygens (including phenoxy) is 2. The van der Waals surface area contributed by atoms with E-state index in [0.717, 1.165) is 11.4 Å². The van der Waals surface area contributed by atoms with Crippen LogP contribution in [0.4, 0.5) is 17.5 Å². The highest BCUT2D eigenvalue weighted by Gasteiger charge is 2.24. The van der Waals surface area contributed by atoms with Crippen LogP contribution in [-0.4, -0.2) is 61.2 Å². The Kier molecular flexibility index (Phi) is 6.16. The first-order valence-electron chi connectivity index (χ1n) is 10.1. The van der Waals surface area contributed by atoms with E-state index in [9.17, 15) is 4.79 Å². The van der Waals surface area contributed by atoms with Gasteiger partial charge in [-0.15, -0.1) is 0 Å². The third kappa shape index (κ3) is 4.85. The number of anilines is 3. The number of piperazine rings is 1. The van der Waals surface area contributed by atoms with Crippen molar-refractivity contribution >= 4 is 23.4 Å². The highest BCUT2D eigenvalue weighted by Crippen LogP contribution is 2.21. The number of nitrogens with one attached hydrogen (secondary N) is 1. The maximum Gasteiger partial charge on any atom is 0.254 e. The van der Waals surface area contributed by atoms with E-state index in [1.807, 2.05) is 53.4 Å². The molecule has 160 valence electrons. The molecule has 1 fully saturated rings. The molecule has 8 nitrogen and oxygen atoms in total. The molecule has 0 atom stereocenters. The zero-order chi connectivity index (χ0) is 21.6. The van der Waals surface area contributed by atoms with Gasteiger partial charge in [0.2, 0.25) is 5.95 Å². The van der Waals surface area contributed by atoms with E-state index in [1.54, 1.807) is 26.5 Å². The minimum atomic E-state index is 0.00870. The summed E-state index contributed by atoms with van der Waals surface area (Å²) in [7, 11) is 3.24. The molecule has 1 aliphatic heterocycles. The van der Waals surface area contributed by atoms with E-state index < -0.39 is 0 Å². The van der Waals surface area contributed by atoms with Gasteiger partial charge < -0.3 is 24.6 Å². The van der Waals surface area contributed by atoms with Gasteiger partial charge in [0.1, 0.15) is 17.3 Å². The Hall–Kier alpha value is -3.81. The molecule has 4 rings (SSSR count). The number of carbonyl (C=O) groups excluding carboxylic acids is 1. The van der Waals surface area contributed by atoms with Crippen LogP contribution in [0.15, 0.2) is 60.8 Å². The second-order valence-corrected chi connectivity index (χ2v) is 7.11. The van der Waals surface area contributed by atoms with Gasteiger partial charge in [-0.2, -0.15) is 4.98 Å². The monoisotopic (exact) mass is 419 g/mol. The Bertz CT molecular complexity index is 1030. The zero-order valence-electron chi connectivity index (χ0n) is 17.6. The standard InChI is InChI=1S/C23H25N5O3/c1-30-19-8-6-18(7-9-19)25-21-10-11-24-23(26-21)28-14-12-27(13-15-28)22(29)17-4-3-5-20(16-17)31-2/h3-11,16H,12-15H2,1-2H3,(H,24,25,26). The van der Waals surface area contributed by atoms with Crippen LogP contribution in [-0.2, 0) is 0 Å². The Labute approximate surface area is 181 Å². The van der Waals surface area contributed by atoms with Crippen LogP contribution in [0.3, 0.4) is 0 Å². The number of hydrogen-bond acceptors (Lipinski definition) is 7. The van der Waals surface area contributed by atoms with Crippen molar-refractivity contribution in [2.24, 2.45) is 0 Å². The fourth-order valence-corrected chi connectivity index (χ4v) is 3.44. The van der Waals surface area contributed by atoms with Crippen LogP contribution in [0.2, 0.25) is 0 Å². The van der Waals surface area contributed by atoms with Gasteiger partial charge in [-0.25, -0.2) is 4.98 Å². The second-order valence-electron chi connectivity index (χ2n) is 7.11. The summed E-state index contributed by atoms with van der Waals surface area (Å²) in [5, 5.41) is 3.28. The molecule has 0 saturated carbocycles. The summed E-state index contributed by atoms with van der Waals surface area (Å²) in [5.41, 5.74) is 1.55. The molecular formula is C23H25N5O3. The summed E-state index contributed by atoms with van der Waals surface area (Å²) in [6, 6.07) is 16.7. The number of hydrogen-bond donors (Lipinski definition) is 1. The lowest BCUT2D eigenvalue weighted by atomic mass is 10.1. The van der Waals surface area contributed by atoms with Gasteiger partial charge >= 0.3 is 0 Å². The Morgan fingerprint density at radius 2 is 1.68 bits per heavy atom. The van der Waals surface area contributed by atoms with E-state index in [1.165, 1.54) is 0 Å². The van der Waals surface area contributed by atoms with Crippen LogP contribution in [0.1, 0.15) is 10.4 Å². The average Bonchev–Trinajstić information content (AvgIpc) is 2.84. The lowest BCUT2D eigenvalue weighted by Crippen LogP contribution is -2.49. The van der Waals surface area contributed by atoms with Crippen molar-refractivity contribution in [3.8, 4) is 11.5 Å². The average molecular weight is 419 g/mol. The maximum atomic E-state index is 12.8. The van der Waals surface area contributed by atoms with Crippen molar-refractivity contribution in [1.29, 1.82) is 0 Å². The Morgan fingerprint density at radius 3 is 2.39 bits per heavy atom. The lowest BCUT2D eigenvalue weighted by Gasteiger charge is -2.34. The van der Waals surface area contributed by atoms with Gasteiger partial charge in [0.05, 0.1) is 14.2 Å².